The highest BCUT2D eigenvalue weighted by molar-refractivity contribution is 7.89. The Labute approximate surface area is 111 Å². The Kier molecular flexibility index (Phi) is 3.93. The Bertz CT molecular complexity index is 651. The molecule has 0 spiro atoms. The number of nitrogens with zero attached hydrogens (tertiary/aromatic N) is 2. The zero-order chi connectivity index (χ0) is 13.9. The number of nitrogens with two attached hydrogens (primary N) is 1. The lowest BCUT2D eigenvalue weighted by Gasteiger charge is -2.06. The molecule has 7 nitrogen and oxygen atoms in total. The molecule has 0 aliphatic carbocycles. The first-order valence-electron chi connectivity index (χ1n) is 5.67. The summed E-state index contributed by atoms with van der Waals surface area (Å²) in [4.78, 5) is 3.87. The zero-order valence-electron chi connectivity index (χ0n) is 10.4. The van der Waals surface area contributed by atoms with E-state index in [0.29, 0.717) is 11.3 Å². The second kappa shape index (κ2) is 5.47. The summed E-state index contributed by atoms with van der Waals surface area (Å²) in [6.07, 6.45) is 3.21. The number of hydrogen-bond donors (Lipinski definition) is 3. The van der Waals surface area contributed by atoms with Crippen LogP contribution in [0.15, 0.2) is 29.6 Å². The Morgan fingerprint density at radius 3 is 2.68 bits per heavy atom. The molecule has 8 heteroatoms. The van der Waals surface area contributed by atoms with E-state index >= 15 is 0 Å². The van der Waals surface area contributed by atoms with E-state index in [0.717, 1.165) is 5.56 Å². The number of rotatable bonds is 5. The first-order chi connectivity index (χ1) is 9.04. The molecule has 0 aliphatic rings. The van der Waals surface area contributed by atoms with Gasteiger partial charge in [0.2, 0.25) is 0 Å². The number of sulfonamides is 1. The summed E-state index contributed by atoms with van der Waals surface area (Å²) in [5, 5.41) is 6.40. The van der Waals surface area contributed by atoms with Crippen LogP contribution in [-0.4, -0.2) is 23.6 Å². The highest BCUT2D eigenvalue weighted by Gasteiger charge is 2.22. The summed E-state index contributed by atoms with van der Waals surface area (Å²) in [5.74, 6) is 0. The Morgan fingerprint density at radius 1 is 1.37 bits per heavy atom. The number of nitrogens with one attached hydrogen (secondary N) is 2. The first kappa shape index (κ1) is 13.7. The SMILES string of the molecule is Cc1[nH]nc(S(=O)(=O)NCc2ccncc2)c1CN. The standard InChI is InChI=1S/C11H15N5O2S/c1-8-10(6-12)11(16-15-8)19(17,18)14-7-9-2-4-13-5-3-9/h2-5,14H,6-7,12H2,1H3,(H,15,16). The normalized spacial score (nSPS) is 11.7. The average Bonchev–Trinajstić information content (AvgIpc) is 2.79. The number of hydrogen-bond acceptors (Lipinski definition) is 5. The number of aryl methyl sites for hydroxylation is 1. The van der Waals surface area contributed by atoms with Crippen molar-refractivity contribution in [3.63, 3.8) is 0 Å². The summed E-state index contributed by atoms with van der Waals surface area (Å²) >= 11 is 0. The molecular formula is C11H15N5O2S. The molecule has 2 aromatic heterocycles. The lowest BCUT2D eigenvalue weighted by molar-refractivity contribution is 0.575. The molecular weight excluding hydrogens is 266 g/mol. The quantitative estimate of drug-likeness (QED) is 0.716. The third kappa shape index (κ3) is 2.98. The Hall–Kier alpha value is -1.77. The van der Waals surface area contributed by atoms with Crippen LogP contribution in [0.3, 0.4) is 0 Å². The van der Waals surface area contributed by atoms with Gasteiger partial charge in [-0.15, -0.1) is 0 Å². The van der Waals surface area contributed by atoms with E-state index in [-0.39, 0.29) is 18.1 Å². The third-order valence-corrected chi connectivity index (χ3v) is 4.08. The molecule has 102 valence electrons. The van der Waals surface area contributed by atoms with Crippen LogP contribution in [0.2, 0.25) is 0 Å². The predicted octanol–water partition coefficient (Wildman–Crippen LogP) is 0.0503. The van der Waals surface area contributed by atoms with Crippen molar-refractivity contribution < 1.29 is 8.42 Å². The molecule has 0 saturated heterocycles. The lowest BCUT2D eigenvalue weighted by atomic mass is 10.3. The molecule has 0 unspecified atom stereocenters. The van der Waals surface area contributed by atoms with Crippen LogP contribution in [-0.2, 0) is 23.1 Å². The van der Waals surface area contributed by atoms with Gasteiger partial charge in [-0.3, -0.25) is 10.1 Å². The van der Waals surface area contributed by atoms with Crippen molar-refractivity contribution in [1.82, 2.24) is 19.9 Å². The average molecular weight is 281 g/mol. The fourth-order valence-corrected chi connectivity index (χ4v) is 2.86. The van der Waals surface area contributed by atoms with Crippen molar-refractivity contribution in [3.05, 3.63) is 41.3 Å². The van der Waals surface area contributed by atoms with E-state index in [1.807, 2.05) is 0 Å². The first-order valence-corrected chi connectivity index (χ1v) is 7.15. The summed E-state index contributed by atoms with van der Waals surface area (Å²) < 4.78 is 26.8. The van der Waals surface area contributed by atoms with Gasteiger partial charge in [0.1, 0.15) is 0 Å². The smallest absolute Gasteiger partial charge is 0.260 e. The minimum atomic E-state index is -3.67. The van der Waals surface area contributed by atoms with E-state index in [1.165, 1.54) is 0 Å². The molecule has 0 fully saturated rings. The minimum Gasteiger partial charge on any atom is -0.326 e. The maximum Gasteiger partial charge on any atom is 0.260 e. The summed E-state index contributed by atoms with van der Waals surface area (Å²) in [6, 6.07) is 3.48. The maximum atomic E-state index is 12.1. The number of H-pyrrole nitrogens is 1. The number of pyridine rings is 1. The fourth-order valence-electron chi connectivity index (χ4n) is 1.64. The summed E-state index contributed by atoms with van der Waals surface area (Å²) in [7, 11) is -3.67. The molecule has 0 aliphatic heterocycles. The molecule has 0 bridgehead atoms. The molecule has 19 heavy (non-hydrogen) atoms. The molecule has 0 radical (unpaired) electrons. The second-order valence-electron chi connectivity index (χ2n) is 4.02. The van der Waals surface area contributed by atoms with Crippen LogP contribution in [0.1, 0.15) is 16.8 Å². The maximum absolute atomic E-state index is 12.1. The van der Waals surface area contributed by atoms with Crippen LogP contribution in [0.5, 0.6) is 0 Å². The van der Waals surface area contributed by atoms with Gasteiger partial charge in [-0.25, -0.2) is 13.1 Å². The summed E-state index contributed by atoms with van der Waals surface area (Å²) in [5.41, 5.74) is 7.52. The molecule has 0 atom stereocenters. The zero-order valence-corrected chi connectivity index (χ0v) is 11.2. The van der Waals surface area contributed by atoms with Crippen LogP contribution in [0, 0.1) is 6.92 Å². The molecule has 2 rings (SSSR count). The van der Waals surface area contributed by atoms with Crippen molar-refractivity contribution in [2.45, 2.75) is 25.0 Å². The van der Waals surface area contributed by atoms with Crippen molar-refractivity contribution in [2.24, 2.45) is 5.73 Å². The summed E-state index contributed by atoms with van der Waals surface area (Å²) in [6.45, 7) is 2.03. The molecule has 2 aromatic rings. The van der Waals surface area contributed by atoms with Crippen LogP contribution in [0.25, 0.3) is 0 Å². The molecule has 0 saturated carbocycles. The van der Waals surface area contributed by atoms with E-state index in [1.54, 1.807) is 31.5 Å². The van der Waals surface area contributed by atoms with Crippen LogP contribution < -0.4 is 10.5 Å². The second-order valence-corrected chi connectivity index (χ2v) is 5.70. The highest BCUT2D eigenvalue weighted by Crippen LogP contribution is 2.15. The van der Waals surface area contributed by atoms with Crippen molar-refractivity contribution in [1.29, 1.82) is 0 Å². The Balaban J connectivity index is 2.19. The van der Waals surface area contributed by atoms with Gasteiger partial charge in [0.25, 0.3) is 10.0 Å². The topological polar surface area (TPSA) is 114 Å². The van der Waals surface area contributed by atoms with Gasteiger partial charge < -0.3 is 5.73 Å². The van der Waals surface area contributed by atoms with Crippen molar-refractivity contribution in [3.8, 4) is 0 Å². The molecule has 0 amide bonds. The van der Waals surface area contributed by atoms with Gasteiger partial charge in [-0.2, -0.15) is 5.10 Å². The van der Waals surface area contributed by atoms with Gasteiger partial charge in [-0.05, 0) is 24.6 Å². The van der Waals surface area contributed by atoms with Crippen molar-refractivity contribution in [2.75, 3.05) is 0 Å². The third-order valence-electron chi connectivity index (χ3n) is 2.71. The van der Waals surface area contributed by atoms with Gasteiger partial charge in [0.15, 0.2) is 5.03 Å². The highest BCUT2D eigenvalue weighted by atomic mass is 32.2. The van der Waals surface area contributed by atoms with E-state index in [4.69, 9.17) is 5.73 Å². The number of aromatic nitrogens is 3. The van der Waals surface area contributed by atoms with Crippen LogP contribution >= 0.6 is 0 Å². The van der Waals surface area contributed by atoms with Gasteiger partial charge in [-0.1, -0.05) is 0 Å². The Morgan fingerprint density at radius 2 is 2.05 bits per heavy atom. The largest absolute Gasteiger partial charge is 0.326 e. The lowest BCUT2D eigenvalue weighted by Crippen LogP contribution is -2.25. The minimum absolute atomic E-state index is 0.0402. The molecule has 0 aromatic carbocycles. The monoisotopic (exact) mass is 281 g/mol. The molecule has 2 heterocycles. The van der Waals surface area contributed by atoms with Gasteiger partial charge >= 0.3 is 0 Å². The van der Waals surface area contributed by atoms with Gasteiger partial charge in [0, 0.05) is 36.7 Å². The fraction of sp³-hybridized carbons (Fsp3) is 0.273. The van der Waals surface area contributed by atoms with Crippen LogP contribution in [0.4, 0.5) is 0 Å². The predicted molar refractivity (Wildman–Crippen MR) is 69.5 cm³/mol. The molecule has 4 N–H and O–H groups in total. The van der Waals surface area contributed by atoms with Crippen molar-refractivity contribution >= 4 is 10.0 Å². The van der Waals surface area contributed by atoms with Gasteiger partial charge in [0.05, 0.1) is 0 Å². The van der Waals surface area contributed by atoms with E-state index in [2.05, 4.69) is 19.9 Å². The number of aromatic amines is 1. The van der Waals surface area contributed by atoms with E-state index in [9.17, 15) is 8.42 Å². The van der Waals surface area contributed by atoms with E-state index < -0.39 is 10.0 Å².